The molecule has 88 valence electrons. The second-order valence-corrected chi connectivity index (χ2v) is 4.27. The van der Waals surface area contributed by atoms with Crippen LogP contribution in [0.25, 0.3) is 0 Å². The fraction of sp³-hybridized carbons (Fsp3) is 0.833. The molecule has 1 rings (SSSR count). The lowest BCUT2D eigenvalue weighted by Gasteiger charge is -2.41. The van der Waals surface area contributed by atoms with Crippen molar-refractivity contribution in [1.29, 1.82) is 0 Å². The summed E-state index contributed by atoms with van der Waals surface area (Å²) in [5, 5.41) is 9.95. The van der Waals surface area contributed by atoms with Gasteiger partial charge in [-0.2, -0.15) is 0 Å². The summed E-state index contributed by atoms with van der Waals surface area (Å²) in [5.41, 5.74) is 0. The summed E-state index contributed by atoms with van der Waals surface area (Å²) in [6, 6.07) is 0. The molecule has 3 heteroatoms. The standard InChI is InChI=1S/C12H22O3/c1-5-7-14-12-9(4)8(3)11(13)10(6-2)15-12/h5,7-13H,6H2,1-4H3/b7-5+/t8-,9-,10-,11+,12+/m1/s1. The Morgan fingerprint density at radius 1 is 1.33 bits per heavy atom. The van der Waals surface area contributed by atoms with E-state index in [4.69, 9.17) is 9.47 Å². The maximum atomic E-state index is 9.95. The summed E-state index contributed by atoms with van der Waals surface area (Å²) in [5.74, 6) is 0.415. The van der Waals surface area contributed by atoms with Crippen molar-refractivity contribution >= 4 is 0 Å². The minimum Gasteiger partial charge on any atom is -0.473 e. The summed E-state index contributed by atoms with van der Waals surface area (Å²) < 4.78 is 11.2. The third-order valence-electron chi connectivity index (χ3n) is 3.24. The molecule has 0 aromatic rings. The van der Waals surface area contributed by atoms with Crippen molar-refractivity contribution in [3.05, 3.63) is 12.3 Å². The average molecular weight is 214 g/mol. The SMILES string of the molecule is C/C=C/O[C@H]1O[C@H](CC)[C@@H](O)[C@H](C)[C@H]1C. The molecule has 0 bridgehead atoms. The zero-order chi connectivity index (χ0) is 11.4. The lowest BCUT2D eigenvalue weighted by atomic mass is 9.84. The van der Waals surface area contributed by atoms with Gasteiger partial charge in [-0.05, 0) is 19.3 Å². The van der Waals surface area contributed by atoms with Gasteiger partial charge in [-0.1, -0.05) is 26.8 Å². The van der Waals surface area contributed by atoms with Crippen molar-refractivity contribution in [2.24, 2.45) is 11.8 Å². The third-order valence-corrected chi connectivity index (χ3v) is 3.24. The Morgan fingerprint density at radius 2 is 2.00 bits per heavy atom. The number of allylic oxidation sites excluding steroid dienone is 1. The van der Waals surface area contributed by atoms with Crippen LogP contribution in [-0.4, -0.2) is 23.6 Å². The number of aliphatic hydroxyl groups excluding tert-OH is 1. The van der Waals surface area contributed by atoms with Crippen LogP contribution in [0.1, 0.15) is 34.1 Å². The highest BCUT2D eigenvalue weighted by Gasteiger charge is 2.40. The van der Waals surface area contributed by atoms with Crippen LogP contribution in [0.5, 0.6) is 0 Å². The van der Waals surface area contributed by atoms with Crippen molar-refractivity contribution in [2.45, 2.75) is 52.6 Å². The molecule has 3 nitrogen and oxygen atoms in total. The molecule has 1 aliphatic heterocycles. The van der Waals surface area contributed by atoms with E-state index >= 15 is 0 Å². The van der Waals surface area contributed by atoms with Crippen LogP contribution in [0.4, 0.5) is 0 Å². The highest BCUT2D eigenvalue weighted by Crippen LogP contribution is 2.32. The van der Waals surface area contributed by atoms with Gasteiger partial charge in [-0.15, -0.1) is 0 Å². The molecule has 1 heterocycles. The summed E-state index contributed by atoms with van der Waals surface area (Å²) >= 11 is 0. The van der Waals surface area contributed by atoms with Crippen LogP contribution in [0.2, 0.25) is 0 Å². The lowest BCUT2D eigenvalue weighted by molar-refractivity contribution is -0.245. The molecule has 0 saturated carbocycles. The fourth-order valence-electron chi connectivity index (χ4n) is 1.92. The van der Waals surface area contributed by atoms with Crippen LogP contribution in [0.15, 0.2) is 12.3 Å². The van der Waals surface area contributed by atoms with Gasteiger partial charge in [-0.25, -0.2) is 0 Å². The predicted molar refractivity (Wildman–Crippen MR) is 59.2 cm³/mol. The number of hydrogen-bond donors (Lipinski definition) is 1. The Hall–Kier alpha value is -0.540. The van der Waals surface area contributed by atoms with E-state index in [-0.39, 0.29) is 30.3 Å². The highest BCUT2D eigenvalue weighted by atomic mass is 16.7. The van der Waals surface area contributed by atoms with Gasteiger partial charge < -0.3 is 14.6 Å². The predicted octanol–water partition coefficient (Wildman–Crippen LogP) is 2.30. The van der Waals surface area contributed by atoms with Crippen molar-refractivity contribution in [3.8, 4) is 0 Å². The third kappa shape index (κ3) is 2.73. The zero-order valence-electron chi connectivity index (χ0n) is 10.0. The normalized spacial score (nSPS) is 42.1. The van der Waals surface area contributed by atoms with Gasteiger partial charge in [0.1, 0.15) is 0 Å². The van der Waals surface area contributed by atoms with E-state index in [0.717, 1.165) is 6.42 Å². The Labute approximate surface area is 92.1 Å². The van der Waals surface area contributed by atoms with E-state index in [0.29, 0.717) is 0 Å². The molecule has 1 saturated heterocycles. The number of hydrogen-bond acceptors (Lipinski definition) is 3. The van der Waals surface area contributed by atoms with Gasteiger partial charge in [0.25, 0.3) is 0 Å². The molecule has 5 atom stereocenters. The van der Waals surface area contributed by atoms with Crippen LogP contribution in [0.3, 0.4) is 0 Å². The maximum Gasteiger partial charge on any atom is 0.202 e. The van der Waals surface area contributed by atoms with Crippen molar-refractivity contribution < 1.29 is 14.6 Å². The molecule has 0 aliphatic carbocycles. The van der Waals surface area contributed by atoms with Crippen LogP contribution in [0, 0.1) is 11.8 Å². The van der Waals surface area contributed by atoms with E-state index < -0.39 is 0 Å². The number of rotatable bonds is 3. The second kappa shape index (κ2) is 5.52. The van der Waals surface area contributed by atoms with Crippen molar-refractivity contribution in [3.63, 3.8) is 0 Å². The van der Waals surface area contributed by atoms with Gasteiger partial charge in [0.2, 0.25) is 6.29 Å². The summed E-state index contributed by atoms with van der Waals surface area (Å²) in [4.78, 5) is 0. The van der Waals surface area contributed by atoms with E-state index in [1.807, 2.05) is 33.8 Å². The maximum absolute atomic E-state index is 9.95. The lowest BCUT2D eigenvalue weighted by Crippen LogP contribution is -2.49. The minimum atomic E-state index is -0.379. The molecule has 0 spiro atoms. The average Bonchev–Trinajstić information content (AvgIpc) is 2.25. The van der Waals surface area contributed by atoms with Crippen molar-refractivity contribution in [2.75, 3.05) is 0 Å². The van der Waals surface area contributed by atoms with Crippen LogP contribution >= 0.6 is 0 Å². The highest BCUT2D eigenvalue weighted by molar-refractivity contribution is 4.85. The second-order valence-electron chi connectivity index (χ2n) is 4.27. The van der Waals surface area contributed by atoms with Gasteiger partial charge in [0.15, 0.2) is 0 Å². The topological polar surface area (TPSA) is 38.7 Å². The molecule has 1 N–H and O–H groups in total. The van der Waals surface area contributed by atoms with E-state index in [9.17, 15) is 5.11 Å². The Bertz CT molecular complexity index is 213. The molecular formula is C12H22O3. The van der Waals surface area contributed by atoms with E-state index in [2.05, 4.69) is 0 Å². The first-order chi connectivity index (χ1) is 7.11. The molecule has 15 heavy (non-hydrogen) atoms. The summed E-state index contributed by atoms with van der Waals surface area (Å²) in [7, 11) is 0. The Morgan fingerprint density at radius 3 is 2.53 bits per heavy atom. The first-order valence-electron chi connectivity index (χ1n) is 5.72. The van der Waals surface area contributed by atoms with E-state index in [1.54, 1.807) is 6.26 Å². The summed E-state index contributed by atoms with van der Waals surface area (Å²) in [6.45, 7) is 8.02. The number of ether oxygens (including phenoxy) is 2. The quantitative estimate of drug-likeness (QED) is 0.733. The first-order valence-corrected chi connectivity index (χ1v) is 5.72. The first kappa shape index (κ1) is 12.5. The molecule has 0 aromatic heterocycles. The molecule has 0 radical (unpaired) electrons. The van der Waals surface area contributed by atoms with Gasteiger partial charge >= 0.3 is 0 Å². The van der Waals surface area contributed by atoms with Gasteiger partial charge in [0, 0.05) is 5.92 Å². The van der Waals surface area contributed by atoms with Crippen LogP contribution < -0.4 is 0 Å². The molecule has 0 unspecified atom stereocenters. The molecular weight excluding hydrogens is 192 g/mol. The van der Waals surface area contributed by atoms with E-state index in [1.165, 1.54) is 0 Å². The zero-order valence-corrected chi connectivity index (χ0v) is 10.0. The smallest absolute Gasteiger partial charge is 0.202 e. The molecule has 0 aromatic carbocycles. The minimum absolute atomic E-state index is 0.105. The molecule has 1 fully saturated rings. The Balaban J connectivity index is 2.65. The monoisotopic (exact) mass is 214 g/mol. The summed E-state index contributed by atoms with van der Waals surface area (Å²) in [6.07, 6.45) is 3.59. The van der Waals surface area contributed by atoms with Crippen molar-refractivity contribution in [1.82, 2.24) is 0 Å². The largest absolute Gasteiger partial charge is 0.473 e. The number of aliphatic hydroxyl groups is 1. The molecule has 1 aliphatic rings. The Kier molecular flexibility index (Phi) is 4.61. The van der Waals surface area contributed by atoms with Gasteiger partial charge in [-0.3, -0.25) is 0 Å². The fourth-order valence-corrected chi connectivity index (χ4v) is 1.92. The van der Waals surface area contributed by atoms with Crippen LogP contribution in [-0.2, 0) is 9.47 Å². The molecule has 0 amide bonds. The van der Waals surface area contributed by atoms with Gasteiger partial charge in [0.05, 0.1) is 18.5 Å².